The van der Waals surface area contributed by atoms with Gasteiger partial charge in [0.05, 0.1) is 16.9 Å². The lowest BCUT2D eigenvalue weighted by Crippen LogP contribution is -2.36. The van der Waals surface area contributed by atoms with Crippen LogP contribution in [0.2, 0.25) is 0 Å². The molecular weight excluding hydrogens is 545 g/mol. The number of hydrogen-bond acceptors (Lipinski definition) is 6. The molecule has 0 bridgehead atoms. The van der Waals surface area contributed by atoms with Crippen LogP contribution in [-0.4, -0.2) is 35.9 Å². The zero-order chi connectivity index (χ0) is 26.3. The van der Waals surface area contributed by atoms with Gasteiger partial charge in [-0.3, -0.25) is 9.21 Å². The molecule has 1 N–H and O–H groups in total. The van der Waals surface area contributed by atoms with Gasteiger partial charge < -0.3 is 4.98 Å². The van der Waals surface area contributed by atoms with Crippen molar-refractivity contribution in [3.05, 3.63) is 88.7 Å². The van der Waals surface area contributed by atoms with Crippen LogP contribution in [-0.2, 0) is 16.6 Å². The van der Waals surface area contributed by atoms with Crippen LogP contribution in [0.3, 0.4) is 0 Å². The molecule has 1 fully saturated rings. The first-order valence-corrected chi connectivity index (χ1v) is 16.0. The third-order valence-electron chi connectivity index (χ3n) is 7.04. The maximum absolute atomic E-state index is 13.6. The minimum atomic E-state index is -3.68. The molecule has 6 nitrogen and oxygen atoms in total. The largest absolute Gasteiger partial charge is 0.351 e. The third-order valence-corrected chi connectivity index (χ3v) is 11.4. The summed E-state index contributed by atoms with van der Waals surface area (Å²) in [4.78, 5) is 12.0. The summed E-state index contributed by atoms with van der Waals surface area (Å²) in [6.07, 6.45) is 4.37. The Morgan fingerprint density at radius 2 is 1.92 bits per heavy atom. The molecule has 4 heterocycles. The van der Waals surface area contributed by atoms with Gasteiger partial charge in [0.1, 0.15) is 9.22 Å². The molecule has 1 unspecified atom stereocenters. The van der Waals surface area contributed by atoms with Crippen molar-refractivity contribution in [3.63, 3.8) is 0 Å². The first-order chi connectivity index (χ1) is 18.4. The zero-order valence-electron chi connectivity index (χ0n) is 21.4. The Morgan fingerprint density at radius 3 is 2.67 bits per heavy atom. The lowest BCUT2D eigenvalue weighted by atomic mass is 10.0. The number of likely N-dealkylation sites (tertiary alicyclic amines) is 1. The number of aromatic nitrogens is 2. The van der Waals surface area contributed by atoms with Crippen LogP contribution in [0.4, 0.5) is 5.69 Å². The summed E-state index contributed by atoms with van der Waals surface area (Å²) >= 11 is 2.94. The highest BCUT2D eigenvalue weighted by molar-refractivity contribution is 7.94. The number of thiazole rings is 1. The molecular formula is C30H34N4O2S3. The number of para-hydroxylation sites is 1. The fourth-order valence-electron chi connectivity index (χ4n) is 5.40. The molecule has 204 valence electrons. The summed E-state index contributed by atoms with van der Waals surface area (Å²) in [7, 11) is -3.68. The fraction of sp³-hybridized carbons (Fsp3) is 0.300. The lowest BCUT2D eigenvalue weighted by Gasteiger charge is -2.28. The van der Waals surface area contributed by atoms with Crippen LogP contribution < -0.4 is 4.31 Å². The minimum absolute atomic E-state index is 0. The number of sulfonamides is 1. The quantitative estimate of drug-likeness (QED) is 0.203. The zero-order valence-corrected chi connectivity index (χ0v) is 23.8. The monoisotopic (exact) mass is 578 g/mol. The summed E-state index contributed by atoms with van der Waals surface area (Å²) in [6, 6.07) is 22.3. The molecule has 2 aromatic carbocycles. The molecule has 3 aromatic heterocycles. The van der Waals surface area contributed by atoms with E-state index in [1.165, 1.54) is 38.9 Å². The average Bonchev–Trinajstić information content (AvgIpc) is 3.71. The second kappa shape index (κ2) is 11.3. The summed E-state index contributed by atoms with van der Waals surface area (Å²) in [5.74, 6) is 0. The molecule has 5 aromatic rings. The van der Waals surface area contributed by atoms with E-state index in [-0.39, 0.29) is 13.5 Å². The fourth-order valence-corrected chi connectivity index (χ4v) is 9.07. The molecule has 0 saturated carbocycles. The van der Waals surface area contributed by atoms with Crippen molar-refractivity contribution in [2.75, 3.05) is 10.8 Å². The predicted molar refractivity (Wildman–Crippen MR) is 164 cm³/mol. The molecule has 1 aliphatic rings. The van der Waals surface area contributed by atoms with Gasteiger partial charge in [0, 0.05) is 35.1 Å². The molecule has 0 amide bonds. The van der Waals surface area contributed by atoms with E-state index >= 15 is 0 Å². The number of H-pyrrole nitrogens is 1. The molecule has 39 heavy (non-hydrogen) atoms. The predicted octanol–water partition coefficient (Wildman–Crippen LogP) is 7.93. The highest BCUT2D eigenvalue weighted by Crippen LogP contribution is 2.38. The van der Waals surface area contributed by atoms with Gasteiger partial charge in [0.25, 0.3) is 10.0 Å². The smallest absolute Gasteiger partial charge is 0.274 e. The molecule has 1 aliphatic heterocycles. The molecule has 0 spiro atoms. The number of nitrogens with zero attached hydrogens (tertiary/aromatic N) is 3. The second-order valence-electron chi connectivity index (χ2n) is 9.92. The molecule has 0 aliphatic carbocycles. The van der Waals surface area contributed by atoms with E-state index in [1.807, 2.05) is 38.2 Å². The summed E-state index contributed by atoms with van der Waals surface area (Å²) in [5, 5.41) is 3.67. The van der Waals surface area contributed by atoms with E-state index in [0.29, 0.717) is 15.9 Å². The Bertz CT molecular complexity index is 1640. The highest BCUT2D eigenvalue weighted by Gasteiger charge is 2.30. The van der Waals surface area contributed by atoms with E-state index in [2.05, 4.69) is 46.3 Å². The van der Waals surface area contributed by atoms with Crippen LogP contribution in [0.15, 0.2) is 82.5 Å². The van der Waals surface area contributed by atoms with E-state index in [9.17, 15) is 8.42 Å². The van der Waals surface area contributed by atoms with Crippen LogP contribution in [0.25, 0.3) is 21.6 Å². The Hall–Kier alpha value is -2.98. The number of hydrogen-bond donors (Lipinski definition) is 1. The van der Waals surface area contributed by atoms with Crippen LogP contribution in [0.5, 0.6) is 0 Å². The third kappa shape index (κ3) is 5.28. The normalized spacial score (nSPS) is 16.1. The van der Waals surface area contributed by atoms with E-state index in [0.717, 1.165) is 34.7 Å². The maximum Gasteiger partial charge on any atom is 0.274 e. The topological polar surface area (TPSA) is 69.3 Å². The van der Waals surface area contributed by atoms with Crippen molar-refractivity contribution < 1.29 is 8.42 Å². The van der Waals surface area contributed by atoms with E-state index in [4.69, 9.17) is 4.98 Å². The SMILES string of the molecule is C.CC(C)N(c1cccc2cc(-c3ncc(CN4CCCC4c4ccccc4)s3)[nH]c12)S(=O)(=O)c1cccs1. The van der Waals surface area contributed by atoms with Gasteiger partial charge in [-0.1, -0.05) is 56.0 Å². The first-order valence-electron chi connectivity index (χ1n) is 12.9. The van der Waals surface area contributed by atoms with Gasteiger partial charge in [-0.05, 0) is 62.4 Å². The summed E-state index contributed by atoms with van der Waals surface area (Å²) in [5.41, 5.74) is 3.74. The minimum Gasteiger partial charge on any atom is -0.351 e. The van der Waals surface area contributed by atoms with Crippen LogP contribution >= 0.6 is 22.7 Å². The Kier molecular flexibility index (Phi) is 7.96. The molecule has 1 atom stereocenters. The number of thiophene rings is 1. The standard InChI is InChI=1S/C29H30N4O2S3.CH4/c1-20(2)33(38(34,35)27-14-8-16-36-27)26-12-6-11-22-17-24(31-28(22)26)29-30-18-23(37-29)19-32-15-7-13-25(32)21-9-4-3-5-10-21;/h3-6,8-12,14,16-18,20,25,31H,7,13,15,19H2,1-2H3;1H4. The number of anilines is 1. The van der Waals surface area contributed by atoms with Gasteiger partial charge >= 0.3 is 0 Å². The van der Waals surface area contributed by atoms with E-state index in [1.54, 1.807) is 28.8 Å². The number of fused-ring (bicyclic) bond motifs is 1. The number of benzene rings is 2. The van der Waals surface area contributed by atoms with Gasteiger partial charge in [-0.2, -0.15) is 0 Å². The number of nitrogens with one attached hydrogen (secondary N) is 1. The van der Waals surface area contributed by atoms with Crippen molar-refractivity contribution in [2.45, 2.75) is 57.0 Å². The van der Waals surface area contributed by atoms with Crippen molar-refractivity contribution in [1.82, 2.24) is 14.9 Å². The maximum atomic E-state index is 13.6. The first kappa shape index (κ1) is 27.6. The second-order valence-corrected chi connectivity index (χ2v) is 14.0. The van der Waals surface area contributed by atoms with Crippen molar-refractivity contribution in [1.29, 1.82) is 0 Å². The van der Waals surface area contributed by atoms with Crippen molar-refractivity contribution in [2.24, 2.45) is 0 Å². The van der Waals surface area contributed by atoms with Crippen molar-refractivity contribution in [3.8, 4) is 10.7 Å². The molecule has 0 radical (unpaired) electrons. The Balaban J connectivity index is 0.00000308. The molecule has 1 saturated heterocycles. The van der Waals surface area contributed by atoms with Gasteiger partial charge in [0.15, 0.2) is 0 Å². The van der Waals surface area contributed by atoms with Crippen LogP contribution in [0.1, 0.15) is 50.6 Å². The van der Waals surface area contributed by atoms with Gasteiger partial charge in [-0.15, -0.1) is 22.7 Å². The Labute approximate surface area is 239 Å². The van der Waals surface area contributed by atoms with Crippen LogP contribution in [0, 0.1) is 0 Å². The van der Waals surface area contributed by atoms with Gasteiger partial charge in [0.2, 0.25) is 0 Å². The highest BCUT2D eigenvalue weighted by atomic mass is 32.2. The number of aromatic amines is 1. The molecule has 9 heteroatoms. The Morgan fingerprint density at radius 1 is 1.10 bits per heavy atom. The number of rotatable bonds is 8. The average molecular weight is 579 g/mol. The molecule has 6 rings (SSSR count). The van der Waals surface area contributed by atoms with E-state index < -0.39 is 10.0 Å². The summed E-state index contributed by atoms with van der Waals surface area (Å²) < 4.78 is 29.0. The van der Waals surface area contributed by atoms with Crippen molar-refractivity contribution >= 4 is 49.3 Å². The lowest BCUT2D eigenvalue weighted by molar-refractivity contribution is 0.250. The summed E-state index contributed by atoms with van der Waals surface area (Å²) in [6.45, 7) is 5.78. The van der Waals surface area contributed by atoms with Gasteiger partial charge in [-0.25, -0.2) is 13.4 Å².